The third kappa shape index (κ3) is 4.13. The number of benzene rings is 2. The Morgan fingerprint density at radius 1 is 0.913 bits per heavy atom. The van der Waals surface area contributed by atoms with E-state index in [4.69, 9.17) is 0 Å². The second-order valence-electron chi connectivity index (χ2n) is 5.26. The minimum atomic E-state index is -3.83. The lowest BCUT2D eigenvalue weighted by molar-refractivity contribution is 0.598. The Hall–Kier alpha value is -1.38. The fourth-order valence-corrected chi connectivity index (χ4v) is 4.56. The maximum absolute atomic E-state index is 12.6. The van der Waals surface area contributed by atoms with E-state index in [9.17, 15) is 16.8 Å². The number of rotatable bonds is 4. The molecule has 0 aliphatic carbocycles. The Labute approximate surface area is 144 Å². The average molecular weight is 418 g/mol. The Kier molecular flexibility index (Phi) is 4.89. The van der Waals surface area contributed by atoms with Gasteiger partial charge in [-0.2, -0.15) is 0 Å². The first kappa shape index (κ1) is 18.0. The standard InChI is InChI=1S/C15H16BrNO4S2/c1-10-5-7-13(22(3,18)19)9-14(10)17-23(20,21)15-8-12(16)6-4-11(15)2/h4-9,17H,1-3H3. The fraction of sp³-hybridized carbons (Fsp3) is 0.200. The van der Waals surface area contributed by atoms with Crippen molar-refractivity contribution in [3.63, 3.8) is 0 Å². The van der Waals surface area contributed by atoms with Crippen LogP contribution in [0.5, 0.6) is 0 Å². The number of hydrogen-bond acceptors (Lipinski definition) is 4. The van der Waals surface area contributed by atoms with E-state index in [0.29, 0.717) is 15.6 Å². The molecule has 0 bridgehead atoms. The first-order valence-electron chi connectivity index (χ1n) is 6.60. The topological polar surface area (TPSA) is 80.3 Å². The summed E-state index contributed by atoms with van der Waals surface area (Å²) in [7, 11) is -7.25. The van der Waals surface area contributed by atoms with Gasteiger partial charge in [0.2, 0.25) is 0 Å². The SMILES string of the molecule is Cc1ccc(S(C)(=O)=O)cc1NS(=O)(=O)c1cc(Br)ccc1C. The zero-order valence-electron chi connectivity index (χ0n) is 12.8. The van der Waals surface area contributed by atoms with Crippen LogP contribution in [0.1, 0.15) is 11.1 Å². The molecule has 124 valence electrons. The van der Waals surface area contributed by atoms with Crippen molar-refractivity contribution in [1.29, 1.82) is 0 Å². The average Bonchev–Trinajstić information content (AvgIpc) is 2.42. The molecule has 0 aliphatic rings. The van der Waals surface area contributed by atoms with Gasteiger partial charge in [-0.05, 0) is 49.2 Å². The van der Waals surface area contributed by atoms with Gasteiger partial charge in [-0.3, -0.25) is 4.72 Å². The summed E-state index contributed by atoms with van der Waals surface area (Å²) in [5.41, 5.74) is 1.47. The summed E-state index contributed by atoms with van der Waals surface area (Å²) in [5.74, 6) is 0. The minimum Gasteiger partial charge on any atom is -0.279 e. The molecule has 0 spiro atoms. The monoisotopic (exact) mass is 417 g/mol. The van der Waals surface area contributed by atoms with Crippen molar-refractivity contribution >= 4 is 41.5 Å². The Balaban J connectivity index is 2.51. The predicted molar refractivity (Wildman–Crippen MR) is 94.0 cm³/mol. The van der Waals surface area contributed by atoms with Crippen LogP contribution < -0.4 is 4.72 Å². The van der Waals surface area contributed by atoms with Crippen molar-refractivity contribution in [2.24, 2.45) is 0 Å². The molecule has 8 heteroatoms. The summed E-state index contributed by atoms with van der Waals surface area (Å²) in [6.45, 7) is 3.40. The number of halogens is 1. The predicted octanol–water partition coefficient (Wildman–Crippen LogP) is 3.27. The summed E-state index contributed by atoms with van der Waals surface area (Å²) < 4.78 is 51.6. The molecular weight excluding hydrogens is 402 g/mol. The second kappa shape index (κ2) is 6.26. The van der Waals surface area contributed by atoms with E-state index >= 15 is 0 Å². The van der Waals surface area contributed by atoms with Crippen LogP contribution in [-0.2, 0) is 19.9 Å². The van der Waals surface area contributed by atoms with E-state index in [-0.39, 0.29) is 15.5 Å². The Morgan fingerprint density at radius 3 is 2.13 bits per heavy atom. The van der Waals surface area contributed by atoms with Crippen LogP contribution in [0.2, 0.25) is 0 Å². The van der Waals surface area contributed by atoms with Crippen LogP contribution >= 0.6 is 15.9 Å². The van der Waals surface area contributed by atoms with Crippen molar-refractivity contribution in [2.45, 2.75) is 23.6 Å². The lowest BCUT2D eigenvalue weighted by Crippen LogP contribution is -2.15. The number of aryl methyl sites for hydroxylation is 2. The lowest BCUT2D eigenvalue weighted by Gasteiger charge is -2.13. The van der Waals surface area contributed by atoms with Crippen molar-refractivity contribution in [1.82, 2.24) is 0 Å². The molecule has 0 aromatic heterocycles. The number of sulfone groups is 1. The van der Waals surface area contributed by atoms with E-state index in [2.05, 4.69) is 20.7 Å². The van der Waals surface area contributed by atoms with E-state index < -0.39 is 19.9 Å². The molecule has 0 saturated carbocycles. The van der Waals surface area contributed by atoms with Gasteiger partial charge in [-0.15, -0.1) is 0 Å². The second-order valence-corrected chi connectivity index (χ2v) is 9.85. The van der Waals surface area contributed by atoms with Gasteiger partial charge in [0.15, 0.2) is 9.84 Å². The highest BCUT2D eigenvalue weighted by atomic mass is 79.9. The fourth-order valence-electron chi connectivity index (χ4n) is 2.00. The highest BCUT2D eigenvalue weighted by Crippen LogP contribution is 2.26. The molecule has 0 heterocycles. The Morgan fingerprint density at radius 2 is 1.52 bits per heavy atom. The van der Waals surface area contributed by atoms with Crippen LogP contribution in [-0.4, -0.2) is 23.1 Å². The number of hydrogen-bond donors (Lipinski definition) is 1. The molecular formula is C15H16BrNO4S2. The quantitative estimate of drug-likeness (QED) is 0.827. The van der Waals surface area contributed by atoms with Gasteiger partial charge in [0, 0.05) is 10.7 Å². The Bertz CT molecular complexity index is 967. The van der Waals surface area contributed by atoms with E-state index in [1.54, 1.807) is 32.0 Å². The largest absolute Gasteiger partial charge is 0.279 e. The highest BCUT2D eigenvalue weighted by molar-refractivity contribution is 9.10. The molecule has 2 rings (SSSR count). The number of anilines is 1. The van der Waals surface area contributed by atoms with Gasteiger partial charge in [0.25, 0.3) is 10.0 Å². The zero-order chi connectivity index (χ0) is 17.4. The molecule has 2 aromatic carbocycles. The summed E-state index contributed by atoms with van der Waals surface area (Å²) in [6, 6.07) is 9.31. The molecule has 0 fully saturated rings. The van der Waals surface area contributed by atoms with E-state index in [1.165, 1.54) is 18.2 Å². The maximum atomic E-state index is 12.6. The molecule has 0 saturated heterocycles. The maximum Gasteiger partial charge on any atom is 0.262 e. The van der Waals surface area contributed by atoms with Crippen LogP contribution in [0.3, 0.4) is 0 Å². The molecule has 0 atom stereocenters. The van der Waals surface area contributed by atoms with Crippen LogP contribution in [0.25, 0.3) is 0 Å². The first-order valence-corrected chi connectivity index (χ1v) is 10.8. The van der Waals surface area contributed by atoms with Crippen LogP contribution in [0.15, 0.2) is 50.7 Å². The molecule has 0 radical (unpaired) electrons. The molecule has 0 aliphatic heterocycles. The minimum absolute atomic E-state index is 0.0618. The first-order chi connectivity index (χ1) is 10.5. The summed E-state index contributed by atoms with van der Waals surface area (Å²) in [6.07, 6.45) is 1.08. The smallest absolute Gasteiger partial charge is 0.262 e. The third-order valence-electron chi connectivity index (χ3n) is 3.32. The van der Waals surface area contributed by atoms with Crippen LogP contribution in [0.4, 0.5) is 5.69 Å². The van der Waals surface area contributed by atoms with Crippen molar-refractivity contribution in [2.75, 3.05) is 11.0 Å². The number of sulfonamides is 1. The molecule has 1 N–H and O–H groups in total. The lowest BCUT2D eigenvalue weighted by atomic mass is 10.2. The molecule has 0 unspecified atom stereocenters. The zero-order valence-corrected chi connectivity index (χ0v) is 16.0. The van der Waals surface area contributed by atoms with Gasteiger partial charge in [-0.1, -0.05) is 28.1 Å². The highest BCUT2D eigenvalue weighted by Gasteiger charge is 2.19. The molecule has 5 nitrogen and oxygen atoms in total. The van der Waals surface area contributed by atoms with E-state index in [0.717, 1.165) is 6.26 Å². The molecule has 0 amide bonds. The third-order valence-corrected chi connectivity index (χ3v) is 6.43. The van der Waals surface area contributed by atoms with Gasteiger partial charge in [0.1, 0.15) is 0 Å². The van der Waals surface area contributed by atoms with Crippen molar-refractivity contribution in [3.05, 3.63) is 52.0 Å². The van der Waals surface area contributed by atoms with Gasteiger partial charge in [-0.25, -0.2) is 16.8 Å². The summed E-state index contributed by atoms with van der Waals surface area (Å²) in [4.78, 5) is 0.197. The normalized spacial score (nSPS) is 12.2. The summed E-state index contributed by atoms with van der Waals surface area (Å²) >= 11 is 3.25. The van der Waals surface area contributed by atoms with Gasteiger partial charge in [0.05, 0.1) is 15.5 Å². The van der Waals surface area contributed by atoms with Gasteiger partial charge >= 0.3 is 0 Å². The molecule has 23 heavy (non-hydrogen) atoms. The van der Waals surface area contributed by atoms with Crippen molar-refractivity contribution < 1.29 is 16.8 Å². The van der Waals surface area contributed by atoms with Gasteiger partial charge < -0.3 is 0 Å². The van der Waals surface area contributed by atoms with Crippen LogP contribution in [0, 0.1) is 13.8 Å². The van der Waals surface area contributed by atoms with E-state index in [1.807, 2.05) is 0 Å². The number of nitrogens with one attached hydrogen (secondary N) is 1. The van der Waals surface area contributed by atoms with Crippen molar-refractivity contribution in [3.8, 4) is 0 Å². The summed E-state index contributed by atoms with van der Waals surface area (Å²) in [5, 5.41) is 0. The molecule has 2 aromatic rings.